The van der Waals surface area contributed by atoms with Gasteiger partial charge >= 0.3 is 0 Å². The van der Waals surface area contributed by atoms with Crippen molar-refractivity contribution in [2.75, 3.05) is 17.3 Å². The maximum absolute atomic E-state index is 12.2. The molecule has 0 atom stereocenters. The molecule has 0 spiro atoms. The largest absolute Gasteiger partial charge is 0.324 e. The monoisotopic (exact) mass is 365 g/mol. The molecule has 0 aliphatic rings. The van der Waals surface area contributed by atoms with Gasteiger partial charge in [0.25, 0.3) is 5.56 Å². The van der Waals surface area contributed by atoms with Crippen molar-refractivity contribution < 1.29 is 4.79 Å². The topological polar surface area (TPSA) is 80.1 Å². The number of unbranched alkanes of at least 4 members (excludes halogenated alkanes) is 1. The highest BCUT2D eigenvalue weighted by molar-refractivity contribution is 5.91. The molecule has 3 aromatic rings. The van der Waals surface area contributed by atoms with Crippen LogP contribution in [0.5, 0.6) is 0 Å². The molecule has 0 fully saturated rings. The van der Waals surface area contributed by atoms with E-state index in [-0.39, 0.29) is 11.5 Å². The molecule has 3 rings (SSSR count). The third kappa shape index (κ3) is 4.13. The zero-order valence-electron chi connectivity index (χ0n) is 15.8. The second kappa shape index (κ2) is 7.99. The fourth-order valence-corrected chi connectivity index (χ4v) is 2.74. The van der Waals surface area contributed by atoms with E-state index in [1.54, 1.807) is 34.8 Å². The zero-order chi connectivity index (χ0) is 19.4. The van der Waals surface area contributed by atoms with Gasteiger partial charge in [0.2, 0.25) is 11.9 Å². The highest BCUT2D eigenvalue weighted by Crippen LogP contribution is 2.20. The maximum atomic E-state index is 12.2. The Morgan fingerprint density at radius 1 is 1.19 bits per heavy atom. The second-order valence-corrected chi connectivity index (χ2v) is 6.40. The Labute approximate surface area is 157 Å². The van der Waals surface area contributed by atoms with E-state index in [9.17, 15) is 9.59 Å². The van der Waals surface area contributed by atoms with Crippen LogP contribution in [-0.4, -0.2) is 27.5 Å². The van der Waals surface area contributed by atoms with Crippen molar-refractivity contribution in [1.29, 1.82) is 0 Å². The molecule has 1 aromatic carbocycles. The molecule has 0 saturated carbocycles. The first-order valence-electron chi connectivity index (χ1n) is 8.97. The molecule has 0 bridgehead atoms. The summed E-state index contributed by atoms with van der Waals surface area (Å²) in [6.45, 7) is 4.24. The highest BCUT2D eigenvalue weighted by atomic mass is 16.2. The number of aromatic nitrogens is 3. The number of hydrogen-bond acceptors (Lipinski definition) is 5. The third-order valence-corrected chi connectivity index (χ3v) is 4.44. The van der Waals surface area contributed by atoms with E-state index in [2.05, 4.69) is 22.2 Å². The summed E-state index contributed by atoms with van der Waals surface area (Å²) < 4.78 is 1.69. The summed E-state index contributed by atoms with van der Waals surface area (Å²) in [4.78, 5) is 34.1. The van der Waals surface area contributed by atoms with Crippen molar-refractivity contribution in [2.45, 2.75) is 33.2 Å². The van der Waals surface area contributed by atoms with Gasteiger partial charge in [-0.05, 0) is 36.8 Å². The van der Waals surface area contributed by atoms with Crippen LogP contribution < -0.4 is 15.8 Å². The Balaban J connectivity index is 1.89. The molecule has 0 aliphatic carbocycles. The summed E-state index contributed by atoms with van der Waals surface area (Å²) in [5, 5.41) is 3.98. The molecule has 0 radical (unpaired) electrons. The van der Waals surface area contributed by atoms with E-state index in [0.29, 0.717) is 18.1 Å². The van der Waals surface area contributed by atoms with Crippen LogP contribution in [0, 0.1) is 0 Å². The van der Waals surface area contributed by atoms with Crippen LogP contribution >= 0.6 is 0 Å². The SMILES string of the molecule is CCCCn1c(=O)ccc2cnc(Nc3ccc(N(C)C(C)=O)cc3)nc21. The van der Waals surface area contributed by atoms with Gasteiger partial charge in [0.15, 0.2) is 0 Å². The lowest BCUT2D eigenvalue weighted by molar-refractivity contribution is -0.116. The molecular formula is C20H23N5O2. The zero-order valence-corrected chi connectivity index (χ0v) is 15.8. The van der Waals surface area contributed by atoms with Crippen LogP contribution in [0.3, 0.4) is 0 Å². The first-order chi connectivity index (χ1) is 13.0. The van der Waals surface area contributed by atoms with Gasteiger partial charge in [-0.2, -0.15) is 4.98 Å². The predicted octanol–water partition coefficient (Wildman–Crippen LogP) is 3.32. The highest BCUT2D eigenvalue weighted by Gasteiger charge is 2.08. The van der Waals surface area contributed by atoms with Crippen LogP contribution in [0.4, 0.5) is 17.3 Å². The minimum absolute atomic E-state index is 0.0291. The smallest absolute Gasteiger partial charge is 0.252 e. The molecule has 2 aromatic heterocycles. The minimum atomic E-state index is -0.0581. The van der Waals surface area contributed by atoms with E-state index in [4.69, 9.17) is 0 Å². The van der Waals surface area contributed by atoms with Crippen LogP contribution in [-0.2, 0) is 11.3 Å². The molecule has 7 heteroatoms. The molecule has 7 nitrogen and oxygen atoms in total. The Morgan fingerprint density at radius 3 is 2.59 bits per heavy atom. The van der Waals surface area contributed by atoms with E-state index in [1.807, 2.05) is 24.3 Å². The lowest BCUT2D eigenvalue weighted by atomic mass is 10.2. The number of amides is 1. The molecule has 27 heavy (non-hydrogen) atoms. The van der Waals surface area contributed by atoms with Gasteiger partial charge in [-0.15, -0.1) is 0 Å². The summed E-state index contributed by atoms with van der Waals surface area (Å²) >= 11 is 0. The maximum Gasteiger partial charge on any atom is 0.252 e. The summed E-state index contributed by atoms with van der Waals surface area (Å²) in [7, 11) is 1.73. The summed E-state index contributed by atoms with van der Waals surface area (Å²) in [6, 6.07) is 10.7. The van der Waals surface area contributed by atoms with Gasteiger partial charge in [0.05, 0.1) is 0 Å². The lowest BCUT2D eigenvalue weighted by Gasteiger charge is -2.15. The molecule has 0 aliphatic heterocycles. The van der Waals surface area contributed by atoms with Gasteiger partial charge in [-0.3, -0.25) is 14.2 Å². The normalized spacial score (nSPS) is 10.8. The number of carbonyl (C=O) groups excluding carboxylic acids is 1. The molecule has 2 heterocycles. The van der Waals surface area contributed by atoms with E-state index in [0.717, 1.165) is 29.6 Å². The molecule has 0 saturated heterocycles. The first-order valence-corrected chi connectivity index (χ1v) is 8.97. The molecule has 1 amide bonds. The summed E-state index contributed by atoms with van der Waals surface area (Å²) in [6.07, 6.45) is 3.63. The van der Waals surface area contributed by atoms with Crippen molar-refractivity contribution in [2.24, 2.45) is 0 Å². The van der Waals surface area contributed by atoms with E-state index >= 15 is 0 Å². The number of fused-ring (bicyclic) bond motifs is 1. The number of pyridine rings is 1. The summed E-state index contributed by atoms with van der Waals surface area (Å²) in [5.41, 5.74) is 2.17. The van der Waals surface area contributed by atoms with Gasteiger partial charge in [-0.25, -0.2) is 4.98 Å². The lowest BCUT2D eigenvalue weighted by Crippen LogP contribution is -2.22. The van der Waals surface area contributed by atoms with Crippen LogP contribution in [0.15, 0.2) is 47.4 Å². The number of nitrogens with zero attached hydrogens (tertiary/aromatic N) is 4. The molecule has 0 unspecified atom stereocenters. The third-order valence-electron chi connectivity index (χ3n) is 4.44. The molecule has 140 valence electrons. The number of nitrogens with one attached hydrogen (secondary N) is 1. The Morgan fingerprint density at radius 2 is 1.93 bits per heavy atom. The van der Waals surface area contributed by atoms with Crippen LogP contribution in [0.1, 0.15) is 26.7 Å². The first kappa shape index (κ1) is 18.6. The number of benzene rings is 1. The van der Waals surface area contributed by atoms with Crippen molar-refractivity contribution >= 4 is 34.3 Å². The fraction of sp³-hybridized carbons (Fsp3) is 0.300. The van der Waals surface area contributed by atoms with Crippen molar-refractivity contribution in [1.82, 2.24) is 14.5 Å². The van der Waals surface area contributed by atoms with Crippen LogP contribution in [0.2, 0.25) is 0 Å². The van der Waals surface area contributed by atoms with E-state index in [1.165, 1.54) is 6.92 Å². The summed E-state index contributed by atoms with van der Waals surface area (Å²) in [5.74, 6) is 0.393. The Kier molecular flexibility index (Phi) is 5.49. The van der Waals surface area contributed by atoms with Gasteiger partial charge in [0, 0.05) is 49.5 Å². The predicted molar refractivity (Wildman–Crippen MR) is 108 cm³/mol. The standard InChI is InChI=1S/C20H23N5O2/c1-4-5-12-25-18(27)11-6-15-13-21-20(23-19(15)25)22-16-7-9-17(10-8-16)24(3)14(2)26/h6-11,13H,4-5,12H2,1-3H3,(H,21,22,23). The number of anilines is 3. The Bertz CT molecular complexity index is 1010. The van der Waals surface area contributed by atoms with Crippen molar-refractivity contribution in [3.8, 4) is 0 Å². The molecular weight excluding hydrogens is 342 g/mol. The molecule has 1 N–H and O–H groups in total. The number of aryl methyl sites for hydroxylation is 1. The van der Waals surface area contributed by atoms with Crippen molar-refractivity contribution in [3.63, 3.8) is 0 Å². The minimum Gasteiger partial charge on any atom is -0.324 e. The number of rotatable bonds is 6. The van der Waals surface area contributed by atoms with Gasteiger partial charge in [-0.1, -0.05) is 13.3 Å². The average Bonchev–Trinajstić information content (AvgIpc) is 2.67. The number of carbonyl (C=O) groups is 1. The quantitative estimate of drug-likeness (QED) is 0.725. The van der Waals surface area contributed by atoms with Crippen LogP contribution in [0.25, 0.3) is 11.0 Å². The van der Waals surface area contributed by atoms with Gasteiger partial charge in [0.1, 0.15) is 5.65 Å². The van der Waals surface area contributed by atoms with Gasteiger partial charge < -0.3 is 10.2 Å². The van der Waals surface area contributed by atoms with Crippen molar-refractivity contribution in [3.05, 3.63) is 52.9 Å². The second-order valence-electron chi connectivity index (χ2n) is 6.40. The number of hydrogen-bond donors (Lipinski definition) is 1. The average molecular weight is 365 g/mol. The fourth-order valence-electron chi connectivity index (χ4n) is 2.74. The Hall–Kier alpha value is -3.22. The van der Waals surface area contributed by atoms with E-state index < -0.39 is 0 Å².